The number of hydrogen-bond acceptors (Lipinski definition) is 6. The van der Waals surface area contributed by atoms with Crippen molar-refractivity contribution >= 4 is 57.6 Å². The summed E-state index contributed by atoms with van der Waals surface area (Å²) in [5.74, 6) is 0.789. The molecular formula is C27H24N2O4S2. The van der Waals surface area contributed by atoms with Gasteiger partial charge in [0.2, 0.25) is 0 Å². The summed E-state index contributed by atoms with van der Waals surface area (Å²) in [5.41, 5.74) is 4.45. The van der Waals surface area contributed by atoms with Crippen molar-refractivity contribution in [3.05, 3.63) is 88.3 Å². The van der Waals surface area contributed by atoms with Crippen LogP contribution in [0.15, 0.2) is 71.6 Å². The Morgan fingerprint density at radius 2 is 1.80 bits per heavy atom. The number of methoxy groups -OCH3 is 1. The number of carbonyl (C=O) groups is 2. The third-order valence-electron chi connectivity index (χ3n) is 5.44. The van der Waals surface area contributed by atoms with Gasteiger partial charge in [0.1, 0.15) is 11.5 Å². The molecule has 1 saturated heterocycles. The normalized spacial score (nSPS) is 14.4. The van der Waals surface area contributed by atoms with Crippen molar-refractivity contribution in [2.75, 3.05) is 23.9 Å². The Labute approximate surface area is 213 Å². The Kier molecular flexibility index (Phi) is 7.53. The molecule has 1 N–H and O–H groups in total. The fraction of sp³-hybridized carbons (Fsp3) is 0.148. The Bertz CT molecular complexity index is 1320. The number of ether oxygens (including phenoxy) is 2. The zero-order valence-corrected chi connectivity index (χ0v) is 21.2. The lowest BCUT2D eigenvalue weighted by atomic mass is 10.1. The van der Waals surface area contributed by atoms with E-state index in [1.165, 1.54) is 16.7 Å². The minimum Gasteiger partial charge on any atom is -0.497 e. The molecule has 0 aliphatic carbocycles. The van der Waals surface area contributed by atoms with Crippen molar-refractivity contribution in [3.63, 3.8) is 0 Å². The fourth-order valence-electron chi connectivity index (χ4n) is 3.43. The van der Waals surface area contributed by atoms with Gasteiger partial charge in [-0.15, -0.1) is 0 Å². The second-order valence-electron chi connectivity index (χ2n) is 7.92. The predicted octanol–water partition coefficient (Wildman–Crippen LogP) is 5.74. The Morgan fingerprint density at radius 1 is 1.03 bits per heavy atom. The van der Waals surface area contributed by atoms with E-state index in [9.17, 15) is 9.59 Å². The van der Waals surface area contributed by atoms with Crippen molar-refractivity contribution < 1.29 is 19.1 Å². The van der Waals surface area contributed by atoms with E-state index in [2.05, 4.69) is 5.32 Å². The van der Waals surface area contributed by atoms with Crippen LogP contribution < -0.4 is 19.7 Å². The molecule has 8 heteroatoms. The molecule has 1 aliphatic rings. The summed E-state index contributed by atoms with van der Waals surface area (Å²) in [7, 11) is 1.59. The molecule has 6 nitrogen and oxygen atoms in total. The van der Waals surface area contributed by atoms with Gasteiger partial charge in [-0.25, -0.2) is 0 Å². The minimum absolute atomic E-state index is 0.129. The van der Waals surface area contributed by atoms with Gasteiger partial charge >= 0.3 is 0 Å². The molecule has 0 aromatic heterocycles. The van der Waals surface area contributed by atoms with E-state index in [1.807, 2.05) is 44.2 Å². The van der Waals surface area contributed by atoms with E-state index in [0.717, 1.165) is 22.4 Å². The number of anilines is 2. The topological polar surface area (TPSA) is 67.9 Å². The molecule has 3 aromatic carbocycles. The van der Waals surface area contributed by atoms with E-state index in [0.29, 0.717) is 26.4 Å². The van der Waals surface area contributed by atoms with Crippen molar-refractivity contribution in [3.8, 4) is 11.5 Å². The first-order chi connectivity index (χ1) is 16.8. The first-order valence-electron chi connectivity index (χ1n) is 10.9. The maximum absolute atomic E-state index is 13.0. The highest BCUT2D eigenvalue weighted by molar-refractivity contribution is 8.27. The van der Waals surface area contributed by atoms with Crippen LogP contribution in [0.5, 0.6) is 11.5 Å². The summed E-state index contributed by atoms with van der Waals surface area (Å²) in [6.07, 6.45) is 1.77. The van der Waals surface area contributed by atoms with Gasteiger partial charge < -0.3 is 14.8 Å². The zero-order chi connectivity index (χ0) is 24.9. The Hall–Kier alpha value is -3.62. The van der Waals surface area contributed by atoms with Crippen LogP contribution in [-0.4, -0.2) is 29.9 Å². The maximum atomic E-state index is 13.0. The Morgan fingerprint density at radius 3 is 2.51 bits per heavy atom. The maximum Gasteiger partial charge on any atom is 0.270 e. The number of hydrogen-bond donors (Lipinski definition) is 1. The van der Waals surface area contributed by atoms with Crippen LogP contribution in [0.25, 0.3) is 6.08 Å². The fourth-order valence-corrected chi connectivity index (χ4v) is 4.73. The number of nitrogens with one attached hydrogen (secondary N) is 1. The van der Waals surface area contributed by atoms with Crippen molar-refractivity contribution in [1.82, 2.24) is 0 Å². The molecule has 1 heterocycles. The van der Waals surface area contributed by atoms with Gasteiger partial charge in [0.15, 0.2) is 10.9 Å². The van der Waals surface area contributed by atoms with Gasteiger partial charge in [-0.3, -0.25) is 14.5 Å². The third kappa shape index (κ3) is 5.90. The molecular weight excluding hydrogens is 480 g/mol. The number of rotatable bonds is 7. The standard InChI is InChI=1S/C27H24N2O4S2/c1-17-7-8-20(13-18(17)2)28-25(30)16-33-23-6-4-5-19(14-23)15-24-26(31)29(27(34)35-24)21-9-11-22(32-3)12-10-21/h4-15H,16H2,1-3H3,(H,28,30)/b24-15-. The second-order valence-corrected chi connectivity index (χ2v) is 9.60. The van der Waals surface area contributed by atoms with Gasteiger partial charge in [-0.05, 0) is 85.1 Å². The van der Waals surface area contributed by atoms with Crippen LogP contribution in [0.1, 0.15) is 16.7 Å². The number of nitrogens with zero attached hydrogens (tertiary/aromatic N) is 1. The van der Waals surface area contributed by atoms with Crippen LogP contribution in [-0.2, 0) is 9.59 Å². The molecule has 1 fully saturated rings. The SMILES string of the molecule is COc1ccc(N2C(=O)/C(=C/c3cccc(OCC(=O)Nc4ccc(C)c(C)c4)c3)SC2=S)cc1. The summed E-state index contributed by atoms with van der Waals surface area (Å²) in [4.78, 5) is 27.4. The molecule has 0 atom stereocenters. The van der Waals surface area contributed by atoms with Gasteiger partial charge in [-0.2, -0.15) is 0 Å². The van der Waals surface area contributed by atoms with E-state index in [4.69, 9.17) is 21.7 Å². The highest BCUT2D eigenvalue weighted by atomic mass is 32.2. The average Bonchev–Trinajstić information content (AvgIpc) is 3.13. The highest BCUT2D eigenvalue weighted by Gasteiger charge is 2.33. The van der Waals surface area contributed by atoms with Crippen molar-refractivity contribution in [2.45, 2.75) is 13.8 Å². The lowest BCUT2D eigenvalue weighted by Gasteiger charge is -2.14. The molecule has 0 spiro atoms. The summed E-state index contributed by atoms with van der Waals surface area (Å²) >= 11 is 6.69. The smallest absolute Gasteiger partial charge is 0.270 e. The number of amides is 2. The van der Waals surface area contributed by atoms with Gasteiger partial charge in [0, 0.05) is 5.69 Å². The number of carbonyl (C=O) groups excluding carboxylic acids is 2. The molecule has 0 unspecified atom stereocenters. The lowest BCUT2D eigenvalue weighted by molar-refractivity contribution is -0.118. The van der Waals surface area contributed by atoms with Crippen LogP contribution in [0, 0.1) is 13.8 Å². The largest absolute Gasteiger partial charge is 0.497 e. The quantitative estimate of drug-likeness (QED) is 0.327. The lowest BCUT2D eigenvalue weighted by Crippen LogP contribution is -2.27. The van der Waals surface area contributed by atoms with Crippen LogP contribution in [0.2, 0.25) is 0 Å². The van der Waals surface area contributed by atoms with Crippen molar-refractivity contribution in [2.24, 2.45) is 0 Å². The van der Waals surface area contributed by atoms with Crippen LogP contribution in [0.4, 0.5) is 11.4 Å². The molecule has 3 aromatic rings. The number of aryl methyl sites for hydroxylation is 2. The Balaban J connectivity index is 1.41. The summed E-state index contributed by atoms with van der Waals surface area (Å²) in [6.45, 7) is 3.89. The number of benzene rings is 3. The molecule has 0 saturated carbocycles. The van der Waals surface area contributed by atoms with Gasteiger partial charge in [0.05, 0.1) is 17.7 Å². The summed E-state index contributed by atoms with van der Waals surface area (Å²) in [5, 5.41) is 2.84. The zero-order valence-electron chi connectivity index (χ0n) is 19.5. The van der Waals surface area contributed by atoms with E-state index >= 15 is 0 Å². The van der Waals surface area contributed by atoms with Gasteiger partial charge in [-0.1, -0.05) is 42.2 Å². The molecule has 0 bridgehead atoms. The van der Waals surface area contributed by atoms with Crippen LogP contribution >= 0.6 is 24.0 Å². The first-order valence-corrected chi connectivity index (χ1v) is 12.1. The average molecular weight is 505 g/mol. The molecule has 35 heavy (non-hydrogen) atoms. The second kappa shape index (κ2) is 10.8. The van der Waals surface area contributed by atoms with Crippen LogP contribution in [0.3, 0.4) is 0 Å². The minimum atomic E-state index is -0.251. The number of thioether (sulfide) groups is 1. The van der Waals surface area contributed by atoms with Crippen molar-refractivity contribution in [1.29, 1.82) is 0 Å². The van der Waals surface area contributed by atoms with E-state index < -0.39 is 0 Å². The predicted molar refractivity (Wildman–Crippen MR) is 145 cm³/mol. The third-order valence-corrected chi connectivity index (χ3v) is 6.74. The van der Waals surface area contributed by atoms with E-state index in [-0.39, 0.29) is 18.4 Å². The molecule has 2 amide bonds. The molecule has 0 radical (unpaired) electrons. The molecule has 1 aliphatic heterocycles. The first kappa shape index (κ1) is 24.5. The molecule has 4 rings (SSSR count). The number of thiocarbonyl (C=S) groups is 1. The highest BCUT2D eigenvalue weighted by Crippen LogP contribution is 2.36. The van der Waals surface area contributed by atoms with Gasteiger partial charge in [0.25, 0.3) is 11.8 Å². The molecule has 178 valence electrons. The summed E-state index contributed by atoms with van der Waals surface area (Å²) < 4.78 is 11.3. The summed E-state index contributed by atoms with van der Waals surface area (Å²) in [6, 6.07) is 20.1. The van der Waals surface area contributed by atoms with E-state index in [1.54, 1.807) is 49.6 Å². The monoisotopic (exact) mass is 504 g/mol.